The van der Waals surface area contributed by atoms with Crippen molar-refractivity contribution in [2.75, 3.05) is 27.3 Å². The summed E-state index contributed by atoms with van der Waals surface area (Å²) in [6.07, 6.45) is 2.89. The van der Waals surface area contributed by atoms with Crippen LogP contribution in [0.25, 0.3) is 6.08 Å². The fourth-order valence-corrected chi connectivity index (χ4v) is 1.58. The molecule has 6 nitrogen and oxygen atoms in total. The maximum atomic E-state index is 11.9. The lowest BCUT2D eigenvalue weighted by Crippen LogP contribution is -2.30. The monoisotopic (exact) mass is 285 g/mol. The Morgan fingerprint density at radius 2 is 1.67 bits per heavy atom. The minimum absolute atomic E-state index is 0.127. The molecule has 21 heavy (non-hydrogen) atoms. The highest BCUT2D eigenvalue weighted by atomic mass is 16.5. The van der Waals surface area contributed by atoms with Crippen LogP contribution < -0.4 is 9.47 Å². The van der Waals surface area contributed by atoms with E-state index < -0.39 is 5.91 Å². The normalized spacial score (nSPS) is 9.71. The minimum atomic E-state index is -0.403. The third-order valence-corrected chi connectivity index (χ3v) is 2.63. The van der Waals surface area contributed by atoms with Crippen LogP contribution in [0.5, 0.6) is 11.5 Å². The van der Waals surface area contributed by atoms with Crippen molar-refractivity contribution in [3.63, 3.8) is 0 Å². The fraction of sp³-hybridized carbons (Fsp3) is 0.267. The Morgan fingerprint density at radius 1 is 1.14 bits per heavy atom. The average Bonchev–Trinajstić information content (AvgIpc) is 2.51. The summed E-state index contributed by atoms with van der Waals surface area (Å²) in [5.41, 5.74) is 0.716. The zero-order chi connectivity index (χ0) is 15.7. The molecule has 6 heteroatoms. The van der Waals surface area contributed by atoms with Gasteiger partial charge in [-0.1, -0.05) is 0 Å². The average molecular weight is 285 g/mol. The van der Waals surface area contributed by atoms with Gasteiger partial charge in [-0.25, -0.2) is 0 Å². The summed E-state index contributed by atoms with van der Waals surface area (Å²) < 4.78 is 10.3. The third kappa shape index (κ3) is 4.88. The van der Waals surface area contributed by atoms with E-state index in [9.17, 15) is 4.79 Å². The van der Waals surface area contributed by atoms with Gasteiger partial charge in [0.2, 0.25) is 5.91 Å². The first kappa shape index (κ1) is 16.1. The van der Waals surface area contributed by atoms with Crippen molar-refractivity contribution >= 4 is 12.0 Å². The van der Waals surface area contributed by atoms with Gasteiger partial charge in [0.25, 0.3) is 0 Å². The molecule has 0 aromatic heterocycles. The topological polar surface area (TPSA) is 86.4 Å². The van der Waals surface area contributed by atoms with Crippen molar-refractivity contribution in [2.24, 2.45) is 0 Å². The molecule has 0 aliphatic carbocycles. The molecule has 1 aromatic rings. The minimum Gasteiger partial charge on any atom is -0.497 e. The van der Waals surface area contributed by atoms with E-state index in [0.29, 0.717) is 17.1 Å². The van der Waals surface area contributed by atoms with Crippen LogP contribution in [0.1, 0.15) is 5.56 Å². The van der Waals surface area contributed by atoms with E-state index in [-0.39, 0.29) is 13.1 Å². The molecule has 1 aromatic carbocycles. The van der Waals surface area contributed by atoms with E-state index in [1.807, 2.05) is 12.1 Å². The van der Waals surface area contributed by atoms with Crippen LogP contribution in [-0.2, 0) is 4.79 Å². The highest BCUT2D eigenvalue weighted by molar-refractivity contribution is 5.92. The number of hydrogen-bond acceptors (Lipinski definition) is 5. The van der Waals surface area contributed by atoms with E-state index in [4.69, 9.17) is 20.0 Å². The lowest BCUT2D eigenvalue weighted by molar-refractivity contribution is -0.124. The number of rotatable bonds is 6. The molecule has 0 aliphatic heterocycles. The second kappa shape index (κ2) is 8.23. The van der Waals surface area contributed by atoms with Gasteiger partial charge >= 0.3 is 0 Å². The van der Waals surface area contributed by atoms with Crippen molar-refractivity contribution in [1.82, 2.24) is 4.90 Å². The fourth-order valence-electron chi connectivity index (χ4n) is 1.58. The summed E-state index contributed by atoms with van der Waals surface area (Å²) in [7, 11) is 3.07. The molecule has 0 fully saturated rings. The summed E-state index contributed by atoms with van der Waals surface area (Å²) in [6.45, 7) is -0.254. The predicted octanol–water partition coefficient (Wildman–Crippen LogP) is 1.59. The maximum Gasteiger partial charge on any atom is 0.248 e. The van der Waals surface area contributed by atoms with Crippen molar-refractivity contribution in [3.05, 3.63) is 29.8 Å². The zero-order valence-electron chi connectivity index (χ0n) is 11.9. The number of ether oxygens (including phenoxy) is 2. The van der Waals surface area contributed by atoms with E-state index in [0.717, 1.165) is 4.90 Å². The Bertz CT molecular complexity index is 573. The number of benzene rings is 1. The van der Waals surface area contributed by atoms with Crippen LogP contribution in [0.2, 0.25) is 0 Å². The molecule has 0 saturated heterocycles. The molecule has 0 N–H and O–H groups in total. The van der Waals surface area contributed by atoms with Gasteiger partial charge in [-0.15, -0.1) is 0 Å². The van der Waals surface area contributed by atoms with Gasteiger partial charge in [0.15, 0.2) is 0 Å². The van der Waals surface area contributed by atoms with Gasteiger partial charge in [0, 0.05) is 12.1 Å². The van der Waals surface area contributed by atoms with E-state index >= 15 is 0 Å². The number of nitrogens with zero attached hydrogens (tertiary/aromatic N) is 3. The number of hydrogen-bond donors (Lipinski definition) is 0. The summed E-state index contributed by atoms with van der Waals surface area (Å²) in [5.74, 6) is 0.805. The number of nitriles is 2. The lowest BCUT2D eigenvalue weighted by atomic mass is 10.2. The molecule has 0 spiro atoms. The van der Waals surface area contributed by atoms with Crippen molar-refractivity contribution in [1.29, 1.82) is 10.5 Å². The Balaban J connectivity index is 2.91. The standard InChI is InChI=1S/C15H15N3O3/c1-20-13-9-12(10-14(11-13)21-2)3-4-15(19)18(7-5-16)8-6-17/h3-4,9-11H,7-8H2,1-2H3/b4-3+. The first-order valence-electron chi connectivity index (χ1n) is 6.08. The first-order chi connectivity index (χ1) is 10.1. The highest BCUT2D eigenvalue weighted by Gasteiger charge is 2.09. The van der Waals surface area contributed by atoms with Gasteiger partial charge in [-0.3, -0.25) is 4.79 Å². The van der Waals surface area contributed by atoms with Crippen molar-refractivity contribution in [3.8, 4) is 23.6 Å². The van der Waals surface area contributed by atoms with Crippen LogP contribution in [0.15, 0.2) is 24.3 Å². The smallest absolute Gasteiger partial charge is 0.248 e. The number of amides is 1. The second-order valence-electron chi connectivity index (χ2n) is 3.99. The quantitative estimate of drug-likeness (QED) is 0.585. The Morgan fingerprint density at radius 3 is 2.10 bits per heavy atom. The number of carbonyl (C=O) groups is 1. The largest absolute Gasteiger partial charge is 0.497 e. The Kier molecular flexibility index (Phi) is 6.30. The molecule has 0 radical (unpaired) electrons. The highest BCUT2D eigenvalue weighted by Crippen LogP contribution is 2.23. The summed E-state index contributed by atoms with van der Waals surface area (Å²) in [6, 6.07) is 8.90. The van der Waals surface area contributed by atoms with Crippen molar-refractivity contribution in [2.45, 2.75) is 0 Å². The molecule has 0 saturated carbocycles. The van der Waals surface area contributed by atoms with Gasteiger partial charge < -0.3 is 14.4 Å². The van der Waals surface area contributed by atoms with Crippen LogP contribution in [-0.4, -0.2) is 38.1 Å². The van der Waals surface area contributed by atoms with E-state index in [1.165, 1.54) is 20.3 Å². The predicted molar refractivity (Wildman–Crippen MR) is 76.4 cm³/mol. The molecule has 1 rings (SSSR count). The van der Waals surface area contributed by atoms with E-state index in [1.54, 1.807) is 24.3 Å². The molecular weight excluding hydrogens is 270 g/mol. The van der Waals surface area contributed by atoms with E-state index in [2.05, 4.69) is 0 Å². The van der Waals surface area contributed by atoms with Crippen LogP contribution in [0.4, 0.5) is 0 Å². The Hall–Kier alpha value is -2.99. The first-order valence-corrected chi connectivity index (χ1v) is 6.08. The maximum absolute atomic E-state index is 11.9. The molecular formula is C15H15N3O3. The van der Waals surface area contributed by atoms with Crippen LogP contribution >= 0.6 is 0 Å². The second-order valence-corrected chi connectivity index (χ2v) is 3.99. The Labute approximate surface area is 123 Å². The third-order valence-electron chi connectivity index (χ3n) is 2.63. The SMILES string of the molecule is COc1cc(/C=C/C(=O)N(CC#N)CC#N)cc(OC)c1. The van der Waals surface area contributed by atoms with Gasteiger partial charge in [0.1, 0.15) is 24.6 Å². The number of carbonyl (C=O) groups excluding carboxylic acids is 1. The molecule has 1 amide bonds. The molecule has 108 valence electrons. The zero-order valence-corrected chi connectivity index (χ0v) is 11.9. The molecule has 0 heterocycles. The molecule has 0 unspecified atom stereocenters. The van der Waals surface area contributed by atoms with Gasteiger partial charge in [-0.2, -0.15) is 10.5 Å². The molecule has 0 aliphatic rings. The van der Waals surface area contributed by atoms with Crippen molar-refractivity contribution < 1.29 is 14.3 Å². The summed E-state index contributed by atoms with van der Waals surface area (Å²) in [4.78, 5) is 13.0. The number of methoxy groups -OCH3 is 2. The molecule has 0 bridgehead atoms. The lowest BCUT2D eigenvalue weighted by Gasteiger charge is -2.12. The molecule has 0 atom stereocenters. The van der Waals surface area contributed by atoms with Crippen LogP contribution in [0, 0.1) is 22.7 Å². The van der Waals surface area contributed by atoms with Crippen LogP contribution in [0.3, 0.4) is 0 Å². The summed E-state index contributed by atoms with van der Waals surface area (Å²) in [5, 5.41) is 17.2. The van der Waals surface area contributed by atoms with Gasteiger partial charge in [0.05, 0.1) is 26.4 Å². The van der Waals surface area contributed by atoms with Gasteiger partial charge in [-0.05, 0) is 23.8 Å². The summed E-state index contributed by atoms with van der Waals surface area (Å²) >= 11 is 0.